The molecule has 1 aromatic carbocycles. The van der Waals surface area contributed by atoms with Gasteiger partial charge in [-0.15, -0.1) is 0 Å². The summed E-state index contributed by atoms with van der Waals surface area (Å²) >= 11 is 0. The zero-order valence-electron chi connectivity index (χ0n) is 15.8. The van der Waals surface area contributed by atoms with Crippen LogP contribution in [-0.2, 0) is 16.0 Å². The van der Waals surface area contributed by atoms with Crippen molar-refractivity contribution in [2.45, 2.75) is 38.4 Å². The second kappa shape index (κ2) is 8.19. The average molecular weight is 365 g/mol. The van der Waals surface area contributed by atoms with E-state index < -0.39 is 0 Å². The summed E-state index contributed by atoms with van der Waals surface area (Å²) in [6.45, 7) is 4.96. The molecule has 0 aliphatic carbocycles. The molecular formula is C22H27N3O2. The summed E-state index contributed by atoms with van der Waals surface area (Å²) in [5, 5.41) is 2.98. The molecular weight excluding hydrogens is 338 g/mol. The summed E-state index contributed by atoms with van der Waals surface area (Å²) < 4.78 is 6.15. The van der Waals surface area contributed by atoms with Gasteiger partial charge in [0, 0.05) is 19.3 Å². The van der Waals surface area contributed by atoms with Crippen LogP contribution in [0.2, 0.25) is 0 Å². The number of hydrogen-bond acceptors (Lipinski definition) is 4. The quantitative estimate of drug-likeness (QED) is 0.885. The van der Waals surface area contributed by atoms with Gasteiger partial charge in [-0.2, -0.15) is 0 Å². The minimum atomic E-state index is -0.353. The van der Waals surface area contributed by atoms with Crippen molar-refractivity contribution in [1.29, 1.82) is 0 Å². The van der Waals surface area contributed by atoms with Crippen LogP contribution in [-0.4, -0.2) is 47.6 Å². The Bertz CT molecular complexity index is 780. The van der Waals surface area contributed by atoms with Gasteiger partial charge in [0.2, 0.25) is 0 Å². The highest BCUT2D eigenvalue weighted by atomic mass is 16.5. The molecule has 1 aromatic heterocycles. The standard InChI is InChI=1S/C22H27N3O2/c1-16-19(8-5-11-23-16)24-22(26)20-14-18-10-13-25(15-21(18)27-20)12-9-17-6-3-2-4-7-17/h2-8,11,18,20-21H,9-10,12-15H2,1H3,(H,24,26)/t18-,20+,21+/m0/s1. The van der Waals surface area contributed by atoms with Gasteiger partial charge in [0.15, 0.2) is 0 Å². The van der Waals surface area contributed by atoms with Crippen LogP contribution in [0.5, 0.6) is 0 Å². The van der Waals surface area contributed by atoms with Crippen molar-refractivity contribution in [2.24, 2.45) is 5.92 Å². The molecule has 2 aliphatic heterocycles. The van der Waals surface area contributed by atoms with Crippen LogP contribution < -0.4 is 5.32 Å². The maximum Gasteiger partial charge on any atom is 0.253 e. The predicted octanol–water partition coefficient (Wildman–Crippen LogP) is 3.05. The molecule has 5 heteroatoms. The molecule has 2 aliphatic rings. The Morgan fingerprint density at radius 1 is 1.26 bits per heavy atom. The van der Waals surface area contributed by atoms with Crippen molar-refractivity contribution in [1.82, 2.24) is 9.88 Å². The van der Waals surface area contributed by atoms with Crippen molar-refractivity contribution >= 4 is 11.6 Å². The van der Waals surface area contributed by atoms with Gasteiger partial charge in [0.25, 0.3) is 5.91 Å². The van der Waals surface area contributed by atoms with Crippen molar-refractivity contribution in [3.8, 4) is 0 Å². The highest BCUT2D eigenvalue weighted by Gasteiger charge is 2.41. The Morgan fingerprint density at radius 2 is 2.11 bits per heavy atom. The molecule has 27 heavy (non-hydrogen) atoms. The molecule has 0 saturated carbocycles. The van der Waals surface area contributed by atoms with E-state index in [-0.39, 0.29) is 18.1 Å². The summed E-state index contributed by atoms with van der Waals surface area (Å²) in [7, 11) is 0. The van der Waals surface area contributed by atoms with Crippen molar-refractivity contribution in [3.05, 3.63) is 59.9 Å². The van der Waals surface area contributed by atoms with Gasteiger partial charge in [-0.3, -0.25) is 9.78 Å². The van der Waals surface area contributed by atoms with Gasteiger partial charge in [0.1, 0.15) is 6.10 Å². The van der Waals surface area contributed by atoms with E-state index in [9.17, 15) is 4.79 Å². The first kappa shape index (κ1) is 18.1. The second-order valence-corrected chi connectivity index (χ2v) is 7.61. The molecule has 142 valence electrons. The number of carbonyl (C=O) groups is 1. The Balaban J connectivity index is 1.29. The third-order valence-corrected chi connectivity index (χ3v) is 5.75. The lowest BCUT2D eigenvalue weighted by atomic mass is 9.91. The van der Waals surface area contributed by atoms with Crippen LogP contribution in [0.1, 0.15) is 24.1 Å². The molecule has 2 fully saturated rings. The number of anilines is 1. The number of pyridine rings is 1. The number of hydrogen-bond donors (Lipinski definition) is 1. The van der Waals surface area contributed by atoms with Gasteiger partial charge >= 0.3 is 0 Å². The van der Waals surface area contributed by atoms with E-state index in [1.165, 1.54) is 5.56 Å². The third kappa shape index (κ3) is 4.37. The monoisotopic (exact) mass is 365 g/mol. The highest BCUT2D eigenvalue weighted by molar-refractivity contribution is 5.94. The molecule has 4 rings (SSSR count). The fourth-order valence-corrected chi connectivity index (χ4v) is 4.13. The lowest BCUT2D eigenvalue weighted by Crippen LogP contribution is -2.43. The number of nitrogens with zero attached hydrogens (tertiary/aromatic N) is 2. The number of fused-ring (bicyclic) bond motifs is 1. The van der Waals surface area contributed by atoms with E-state index in [0.717, 1.165) is 50.3 Å². The van der Waals surface area contributed by atoms with Gasteiger partial charge in [-0.05, 0) is 56.3 Å². The number of nitrogens with one attached hydrogen (secondary N) is 1. The number of aryl methyl sites for hydroxylation is 1. The number of likely N-dealkylation sites (tertiary alicyclic amines) is 1. The zero-order chi connectivity index (χ0) is 18.6. The van der Waals surface area contributed by atoms with Crippen molar-refractivity contribution < 1.29 is 9.53 Å². The van der Waals surface area contributed by atoms with Gasteiger partial charge in [0.05, 0.1) is 17.5 Å². The normalized spacial score (nSPS) is 25.1. The Morgan fingerprint density at radius 3 is 2.93 bits per heavy atom. The van der Waals surface area contributed by atoms with Crippen molar-refractivity contribution in [3.63, 3.8) is 0 Å². The number of benzene rings is 1. The average Bonchev–Trinajstić information content (AvgIpc) is 3.12. The fourth-order valence-electron chi connectivity index (χ4n) is 4.13. The summed E-state index contributed by atoms with van der Waals surface area (Å²) in [5.41, 5.74) is 2.97. The summed E-state index contributed by atoms with van der Waals surface area (Å²) in [6.07, 6.45) is 4.53. The van der Waals surface area contributed by atoms with Crippen LogP contribution >= 0.6 is 0 Å². The summed E-state index contributed by atoms with van der Waals surface area (Å²) in [5.74, 6) is 0.444. The van der Waals surface area contributed by atoms with E-state index in [1.54, 1.807) is 6.20 Å². The van der Waals surface area contributed by atoms with E-state index in [1.807, 2.05) is 19.1 Å². The zero-order valence-corrected chi connectivity index (χ0v) is 15.8. The van der Waals surface area contributed by atoms with E-state index >= 15 is 0 Å². The van der Waals surface area contributed by atoms with Crippen molar-refractivity contribution in [2.75, 3.05) is 25.0 Å². The van der Waals surface area contributed by atoms with E-state index in [4.69, 9.17) is 4.74 Å². The largest absolute Gasteiger partial charge is 0.364 e. The number of rotatable bonds is 5. The Kier molecular flexibility index (Phi) is 5.50. The molecule has 1 amide bonds. The number of amides is 1. The molecule has 0 radical (unpaired) electrons. The SMILES string of the molecule is Cc1ncccc1NC(=O)[C@H]1C[C@@H]2CCN(CCc3ccccc3)C[C@H]2O1. The van der Waals surface area contributed by atoms with Crippen LogP contribution in [0.3, 0.4) is 0 Å². The number of ether oxygens (including phenoxy) is 1. The van der Waals surface area contributed by atoms with Crippen LogP contribution in [0, 0.1) is 12.8 Å². The highest BCUT2D eigenvalue weighted by Crippen LogP contribution is 2.33. The Labute approximate surface area is 160 Å². The number of piperidine rings is 1. The van der Waals surface area contributed by atoms with Gasteiger partial charge in [-0.1, -0.05) is 30.3 Å². The summed E-state index contributed by atoms with van der Waals surface area (Å²) in [6, 6.07) is 14.3. The molecule has 5 nitrogen and oxygen atoms in total. The maximum absolute atomic E-state index is 12.6. The smallest absolute Gasteiger partial charge is 0.253 e. The summed E-state index contributed by atoms with van der Waals surface area (Å²) in [4.78, 5) is 19.3. The molecule has 3 atom stereocenters. The minimum Gasteiger partial charge on any atom is -0.364 e. The van der Waals surface area contributed by atoms with E-state index in [2.05, 4.69) is 45.5 Å². The molecule has 2 aromatic rings. The molecule has 0 unspecified atom stereocenters. The number of carbonyl (C=O) groups excluding carboxylic acids is 1. The molecule has 2 saturated heterocycles. The molecule has 0 spiro atoms. The maximum atomic E-state index is 12.6. The first-order valence-electron chi connectivity index (χ1n) is 9.83. The molecule has 1 N–H and O–H groups in total. The van der Waals surface area contributed by atoms with Gasteiger partial charge in [-0.25, -0.2) is 0 Å². The predicted molar refractivity (Wildman–Crippen MR) is 106 cm³/mol. The molecule has 0 bridgehead atoms. The second-order valence-electron chi connectivity index (χ2n) is 7.61. The lowest BCUT2D eigenvalue weighted by Gasteiger charge is -2.34. The Hall–Kier alpha value is -2.24. The van der Waals surface area contributed by atoms with Crippen LogP contribution in [0.4, 0.5) is 5.69 Å². The number of aromatic nitrogens is 1. The topological polar surface area (TPSA) is 54.5 Å². The first-order chi connectivity index (χ1) is 13.2. The lowest BCUT2D eigenvalue weighted by molar-refractivity contribution is -0.127. The fraction of sp³-hybridized carbons (Fsp3) is 0.455. The van der Waals surface area contributed by atoms with Gasteiger partial charge < -0.3 is 15.0 Å². The van der Waals surface area contributed by atoms with Crippen LogP contribution in [0.25, 0.3) is 0 Å². The molecule has 3 heterocycles. The van der Waals surface area contributed by atoms with E-state index in [0.29, 0.717) is 5.92 Å². The first-order valence-corrected chi connectivity index (χ1v) is 9.83. The van der Waals surface area contributed by atoms with Crippen LogP contribution in [0.15, 0.2) is 48.7 Å². The minimum absolute atomic E-state index is 0.0451. The third-order valence-electron chi connectivity index (χ3n) is 5.75.